The van der Waals surface area contributed by atoms with Gasteiger partial charge in [-0.15, -0.1) is 0 Å². The Balaban J connectivity index is 2.63. The summed E-state index contributed by atoms with van der Waals surface area (Å²) < 4.78 is 0. The largest absolute Gasteiger partial charge is 0.389 e. The lowest BCUT2D eigenvalue weighted by atomic mass is 10.2. The second-order valence-corrected chi connectivity index (χ2v) is 4.74. The van der Waals surface area contributed by atoms with Crippen molar-refractivity contribution in [3.05, 3.63) is 29.8 Å². The van der Waals surface area contributed by atoms with Crippen LogP contribution in [0.3, 0.4) is 0 Å². The Labute approximate surface area is 123 Å². The first kappa shape index (κ1) is 16.1. The molecule has 0 unspecified atom stereocenters. The molecule has 1 aromatic rings. The number of nitrogens with one attached hydrogen (secondary N) is 2. The van der Waals surface area contributed by atoms with Gasteiger partial charge in [0.15, 0.2) is 0 Å². The molecule has 108 valence electrons. The van der Waals surface area contributed by atoms with E-state index in [1.807, 2.05) is 0 Å². The molecule has 0 bridgehead atoms. The average Bonchev–Trinajstić information content (AvgIpc) is 2.38. The summed E-state index contributed by atoms with van der Waals surface area (Å²) in [4.78, 5) is 24.9. The van der Waals surface area contributed by atoms with Crippen molar-refractivity contribution in [3.63, 3.8) is 0 Å². The summed E-state index contributed by atoms with van der Waals surface area (Å²) in [6, 6.07) is 7.05. The molecule has 2 amide bonds. The van der Waals surface area contributed by atoms with Crippen molar-refractivity contribution in [1.29, 1.82) is 0 Å². The molecule has 1 rings (SSSR count). The van der Waals surface area contributed by atoms with Crippen LogP contribution in [0, 0.1) is 0 Å². The van der Waals surface area contributed by atoms with Crippen molar-refractivity contribution in [3.8, 4) is 0 Å². The van der Waals surface area contributed by atoms with Gasteiger partial charge in [-0.3, -0.25) is 14.5 Å². The molecule has 4 N–H and O–H groups in total. The van der Waals surface area contributed by atoms with Crippen LogP contribution in [-0.4, -0.2) is 48.9 Å². The molecule has 0 aromatic heterocycles. The number of nitrogens with two attached hydrogens (primary N) is 1. The number of amides is 2. The number of thiocarbonyl (C=S) groups is 1. The standard InChI is InChI=1S/C13H18N4O2S/c1-15-11(18)7-17(2)8-12(19)16-10-6-4-3-5-9(10)13(14)20/h3-6H,7-8H2,1-2H3,(H2,14,20)(H,15,18)(H,16,19). The first-order valence-electron chi connectivity index (χ1n) is 6.02. The summed E-state index contributed by atoms with van der Waals surface area (Å²) >= 11 is 4.93. The summed E-state index contributed by atoms with van der Waals surface area (Å²) in [6.07, 6.45) is 0. The third-order valence-corrected chi connectivity index (χ3v) is 2.79. The van der Waals surface area contributed by atoms with Gasteiger partial charge < -0.3 is 16.4 Å². The minimum atomic E-state index is -0.236. The normalized spacial score (nSPS) is 10.2. The van der Waals surface area contributed by atoms with E-state index in [4.69, 9.17) is 18.0 Å². The van der Waals surface area contributed by atoms with Crippen molar-refractivity contribution < 1.29 is 9.59 Å². The van der Waals surface area contributed by atoms with E-state index in [2.05, 4.69) is 10.6 Å². The van der Waals surface area contributed by atoms with Crippen molar-refractivity contribution in [2.45, 2.75) is 0 Å². The molecule has 20 heavy (non-hydrogen) atoms. The molecule has 0 heterocycles. The Bertz CT molecular complexity index is 519. The van der Waals surface area contributed by atoms with Gasteiger partial charge in [0.1, 0.15) is 4.99 Å². The molecule has 0 saturated heterocycles. The fourth-order valence-corrected chi connectivity index (χ4v) is 1.80. The molecule has 0 aliphatic carbocycles. The highest BCUT2D eigenvalue weighted by atomic mass is 32.1. The second kappa shape index (κ2) is 7.56. The number of para-hydroxylation sites is 1. The number of anilines is 1. The highest BCUT2D eigenvalue weighted by molar-refractivity contribution is 7.80. The molecule has 0 atom stereocenters. The van der Waals surface area contributed by atoms with E-state index in [9.17, 15) is 9.59 Å². The third-order valence-electron chi connectivity index (χ3n) is 2.57. The number of nitrogens with zero attached hydrogens (tertiary/aromatic N) is 1. The Morgan fingerprint density at radius 2 is 1.85 bits per heavy atom. The molecular weight excluding hydrogens is 276 g/mol. The fraction of sp³-hybridized carbons (Fsp3) is 0.308. The second-order valence-electron chi connectivity index (χ2n) is 4.30. The van der Waals surface area contributed by atoms with E-state index in [0.717, 1.165) is 0 Å². The molecule has 0 fully saturated rings. The maximum atomic E-state index is 11.9. The average molecular weight is 294 g/mol. The summed E-state index contributed by atoms with van der Waals surface area (Å²) in [7, 11) is 3.24. The molecule has 7 heteroatoms. The smallest absolute Gasteiger partial charge is 0.238 e. The minimum absolute atomic E-state index is 0.0963. The quantitative estimate of drug-likeness (QED) is 0.640. The van der Waals surface area contributed by atoms with E-state index in [1.165, 1.54) is 0 Å². The third kappa shape index (κ3) is 4.94. The van der Waals surface area contributed by atoms with Gasteiger partial charge in [-0.2, -0.15) is 0 Å². The molecular formula is C13H18N4O2S. The summed E-state index contributed by atoms with van der Waals surface area (Å²) in [5, 5.41) is 5.23. The lowest BCUT2D eigenvalue weighted by molar-refractivity contribution is -0.122. The van der Waals surface area contributed by atoms with Crippen LogP contribution >= 0.6 is 12.2 Å². The highest BCUT2D eigenvalue weighted by Crippen LogP contribution is 2.14. The predicted octanol–water partition coefficient (Wildman–Crippen LogP) is -0.0629. The molecule has 0 aliphatic rings. The van der Waals surface area contributed by atoms with Gasteiger partial charge in [-0.25, -0.2) is 0 Å². The zero-order chi connectivity index (χ0) is 15.1. The van der Waals surface area contributed by atoms with E-state index >= 15 is 0 Å². The van der Waals surface area contributed by atoms with Gasteiger partial charge in [0.2, 0.25) is 11.8 Å². The number of carbonyl (C=O) groups excluding carboxylic acids is 2. The number of hydrogen-bond acceptors (Lipinski definition) is 4. The molecule has 0 aliphatic heterocycles. The van der Waals surface area contributed by atoms with E-state index in [1.54, 1.807) is 43.3 Å². The predicted molar refractivity (Wildman–Crippen MR) is 82.5 cm³/mol. The molecule has 6 nitrogen and oxygen atoms in total. The van der Waals surface area contributed by atoms with Crippen LogP contribution in [0.15, 0.2) is 24.3 Å². The minimum Gasteiger partial charge on any atom is -0.389 e. The van der Waals surface area contributed by atoms with E-state index in [-0.39, 0.29) is 29.9 Å². The molecule has 0 spiro atoms. The summed E-state index contributed by atoms with van der Waals surface area (Å²) in [5.41, 5.74) is 6.78. The van der Waals surface area contributed by atoms with Crippen LogP contribution < -0.4 is 16.4 Å². The highest BCUT2D eigenvalue weighted by Gasteiger charge is 2.12. The maximum Gasteiger partial charge on any atom is 0.238 e. The van der Waals surface area contributed by atoms with E-state index in [0.29, 0.717) is 11.3 Å². The van der Waals surface area contributed by atoms with Crippen LogP contribution in [0.25, 0.3) is 0 Å². The Morgan fingerprint density at radius 3 is 2.45 bits per heavy atom. The number of likely N-dealkylation sites (N-methyl/N-ethyl adjacent to an activating group) is 2. The first-order valence-corrected chi connectivity index (χ1v) is 6.42. The van der Waals surface area contributed by atoms with Crippen molar-refractivity contribution in [2.24, 2.45) is 5.73 Å². The van der Waals surface area contributed by atoms with E-state index < -0.39 is 0 Å². The first-order chi connectivity index (χ1) is 9.43. The molecule has 0 radical (unpaired) electrons. The zero-order valence-corrected chi connectivity index (χ0v) is 12.3. The number of rotatable bonds is 6. The Morgan fingerprint density at radius 1 is 1.25 bits per heavy atom. The number of carbonyl (C=O) groups is 2. The van der Waals surface area contributed by atoms with Crippen molar-refractivity contribution >= 4 is 34.7 Å². The van der Waals surface area contributed by atoms with Gasteiger partial charge >= 0.3 is 0 Å². The topological polar surface area (TPSA) is 87.5 Å². The van der Waals surface area contributed by atoms with Gasteiger partial charge in [-0.1, -0.05) is 24.4 Å². The maximum absolute atomic E-state index is 11.9. The van der Waals surface area contributed by atoms with Crippen LogP contribution in [-0.2, 0) is 9.59 Å². The molecule has 0 saturated carbocycles. The van der Waals surface area contributed by atoms with Crippen LogP contribution in [0.2, 0.25) is 0 Å². The van der Waals surface area contributed by atoms with Crippen LogP contribution in [0.4, 0.5) is 5.69 Å². The van der Waals surface area contributed by atoms with Crippen LogP contribution in [0.1, 0.15) is 5.56 Å². The summed E-state index contributed by atoms with van der Waals surface area (Å²) in [6.45, 7) is 0.250. The SMILES string of the molecule is CNC(=O)CN(C)CC(=O)Nc1ccccc1C(N)=S. The van der Waals surface area contributed by atoms with Gasteiger partial charge in [0, 0.05) is 12.6 Å². The lowest BCUT2D eigenvalue weighted by Gasteiger charge is -2.16. The van der Waals surface area contributed by atoms with Gasteiger partial charge in [0.05, 0.1) is 18.8 Å². The van der Waals surface area contributed by atoms with Crippen LogP contribution in [0.5, 0.6) is 0 Å². The molecule has 1 aromatic carbocycles. The lowest BCUT2D eigenvalue weighted by Crippen LogP contribution is -2.37. The fourth-order valence-electron chi connectivity index (χ4n) is 1.62. The van der Waals surface area contributed by atoms with Crippen molar-refractivity contribution in [1.82, 2.24) is 10.2 Å². The number of hydrogen-bond donors (Lipinski definition) is 3. The Kier molecular flexibility index (Phi) is 6.08. The Hall–Kier alpha value is -1.99. The van der Waals surface area contributed by atoms with Gasteiger partial charge in [0.25, 0.3) is 0 Å². The van der Waals surface area contributed by atoms with Gasteiger partial charge in [-0.05, 0) is 19.2 Å². The zero-order valence-electron chi connectivity index (χ0n) is 11.5. The summed E-state index contributed by atoms with van der Waals surface area (Å²) in [5.74, 6) is -0.385. The monoisotopic (exact) mass is 294 g/mol. The van der Waals surface area contributed by atoms with Crippen molar-refractivity contribution in [2.75, 3.05) is 32.5 Å². The number of benzene rings is 1.